The molecule has 2 N–H and O–H groups in total. The van der Waals surface area contributed by atoms with E-state index in [1.54, 1.807) is 0 Å². The number of nitrogens with two attached hydrogens (primary N) is 1. The summed E-state index contributed by atoms with van der Waals surface area (Å²) in [5, 5.41) is 0. The SMILES string of the molecule is CCCN1CCC(CN)(SC)CC1. The van der Waals surface area contributed by atoms with Crippen LogP contribution in [0.2, 0.25) is 0 Å². The molecule has 1 heterocycles. The van der Waals surface area contributed by atoms with Crippen molar-refractivity contribution in [1.82, 2.24) is 4.90 Å². The normalized spacial score (nSPS) is 23.3. The van der Waals surface area contributed by atoms with E-state index in [-0.39, 0.29) is 0 Å². The van der Waals surface area contributed by atoms with E-state index in [4.69, 9.17) is 5.73 Å². The summed E-state index contributed by atoms with van der Waals surface area (Å²) in [7, 11) is 0. The molecule has 0 unspecified atom stereocenters. The zero-order valence-electron chi connectivity index (χ0n) is 8.88. The number of piperidine rings is 1. The van der Waals surface area contributed by atoms with Crippen LogP contribution in [-0.2, 0) is 0 Å². The molecule has 1 saturated heterocycles. The van der Waals surface area contributed by atoms with Crippen molar-refractivity contribution < 1.29 is 0 Å². The van der Waals surface area contributed by atoms with E-state index in [2.05, 4.69) is 18.1 Å². The largest absolute Gasteiger partial charge is 0.329 e. The van der Waals surface area contributed by atoms with Gasteiger partial charge in [-0.2, -0.15) is 11.8 Å². The first-order valence-electron chi connectivity index (χ1n) is 5.24. The third-order valence-corrected chi connectivity index (χ3v) is 4.55. The van der Waals surface area contributed by atoms with Crippen LogP contribution in [0.3, 0.4) is 0 Å². The molecule has 0 saturated carbocycles. The first-order valence-corrected chi connectivity index (χ1v) is 6.46. The van der Waals surface area contributed by atoms with Gasteiger partial charge >= 0.3 is 0 Å². The Morgan fingerprint density at radius 1 is 1.38 bits per heavy atom. The molecular weight excluding hydrogens is 180 g/mol. The number of hydrogen-bond acceptors (Lipinski definition) is 3. The van der Waals surface area contributed by atoms with E-state index in [1.807, 2.05) is 11.8 Å². The summed E-state index contributed by atoms with van der Waals surface area (Å²) in [4.78, 5) is 2.56. The Labute approximate surface area is 86.2 Å². The molecule has 0 spiro atoms. The Morgan fingerprint density at radius 2 is 2.00 bits per heavy atom. The van der Waals surface area contributed by atoms with E-state index >= 15 is 0 Å². The zero-order valence-corrected chi connectivity index (χ0v) is 9.70. The van der Waals surface area contributed by atoms with Gasteiger partial charge in [-0.05, 0) is 45.2 Å². The van der Waals surface area contributed by atoms with Crippen molar-refractivity contribution in [2.24, 2.45) is 5.73 Å². The molecule has 1 rings (SSSR count). The molecule has 1 fully saturated rings. The van der Waals surface area contributed by atoms with Crippen LogP contribution in [0.4, 0.5) is 0 Å². The molecular formula is C10H22N2S. The lowest BCUT2D eigenvalue weighted by Gasteiger charge is -2.40. The standard InChI is InChI=1S/C10H22N2S/c1-3-6-12-7-4-10(9-11,13-2)5-8-12/h3-9,11H2,1-2H3. The van der Waals surface area contributed by atoms with Crippen LogP contribution in [-0.4, -0.2) is 42.1 Å². The van der Waals surface area contributed by atoms with Crippen molar-refractivity contribution in [2.45, 2.75) is 30.9 Å². The van der Waals surface area contributed by atoms with Crippen LogP contribution in [0.15, 0.2) is 0 Å². The van der Waals surface area contributed by atoms with Gasteiger partial charge in [0.2, 0.25) is 0 Å². The van der Waals surface area contributed by atoms with Gasteiger partial charge in [-0.15, -0.1) is 0 Å². The summed E-state index contributed by atoms with van der Waals surface area (Å²) in [6.45, 7) is 6.83. The van der Waals surface area contributed by atoms with Gasteiger partial charge in [0.1, 0.15) is 0 Å². The van der Waals surface area contributed by atoms with Gasteiger partial charge in [-0.3, -0.25) is 0 Å². The highest BCUT2D eigenvalue weighted by Crippen LogP contribution is 2.33. The Morgan fingerprint density at radius 3 is 2.38 bits per heavy atom. The minimum absolute atomic E-state index is 0.393. The number of thioether (sulfide) groups is 1. The molecule has 0 aromatic carbocycles. The average molecular weight is 202 g/mol. The maximum Gasteiger partial charge on any atom is 0.0303 e. The molecule has 0 bridgehead atoms. The fraction of sp³-hybridized carbons (Fsp3) is 1.00. The van der Waals surface area contributed by atoms with Crippen molar-refractivity contribution in [1.29, 1.82) is 0 Å². The predicted molar refractivity (Wildman–Crippen MR) is 61.3 cm³/mol. The molecule has 78 valence electrons. The molecule has 0 amide bonds. The fourth-order valence-corrected chi connectivity index (χ4v) is 2.75. The predicted octanol–water partition coefficient (Wildman–Crippen LogP) is 1.55. The lowest BCUT2D eigenvalue weighted by atomic mass is 9.96. The molecule has 0 atom stereocenters. The lowest BCUT2D eigenvalue weighted by molar-refractivity contribution is 0.203. The second kappa shape index (κ2) is 5.23. The van der Waals surface area contributed by atoms with Crippen molar-refractivity contribution in [2.75, 3.05) is 32.4 Å². The second-order valence-corrected chi connectivity index (χ2v) is 5.21. The van der Waals surface area contributed by atoms with Crippen LogP contribution in [0.1, 0.15) is 26.2 Å². The third-order valence-electron chi connectivity index (χ3n) is 3.11. The number of likely N-dealkylation sites (tertiary alicyclic amines) is 1. The molecule has 2 nitrogen and oxygen atoms in total. The average Bonchev–Trinajstić information content (AvgIpc) is 2.20. The molecule has 0 aromatic rings. The Hall–Kier alpha value is 0.270. The number of hydrogen-bond donors (Lipinski definition) is 1. The smallest absolute Gasteiger partial charge is 0.0303 e. The van der Waals surface area contributed by atoms with Crippen molar-refractivity contribution >= 4 is 11.8 Å². The zero-order chi connectivity index (χ0) is 9.73. The van der Waals surface area contributed by atoms with E-state index in [1.165, 1.54) is 38.9 Å². The van der Waals surface area contributed by atoms with E-state index in [0.29, 0.717) is 4.75 Å². The summed E-state index contributed by atoms with van der Waals surface area (Å²) in [6, 6.07) is 0. The summed E-state index contributed by atoms with van der Waals surface area (Å²) in [6.07, 6.45) is 6.01. The van der Waals surface area contributed by atoms with Gasteiger partial charge in [-0.1, -0.05) is 6.92 Å². The molecule has 0 aliphatic carbocycles. The first kappa shape index (κ1) is 11.3. The van der Waals surface area contributed by atoms with Gasteiger partial charge in [-0.25, -0.2) is 0 Å². The highest BCUT2D eigenvalue weighted by molar-refractivity contribution is 8.00. The second-order valence-electron chi connectivity index (χ2n) is 3.93. The quantitative estimate of drug-likeness (QED) is 0.750. The Bertz CT molecular complexity index is 136. The summed E-state index contributed by atoms with van der Waals surface area (Å²) in [5.74, 6) is 0. The van der Waals surface area contributed by atoms with Crippen molar-refractivity contribution in [3.05, 3.63) is 0 Å². The summed E-state index contributed by atoms with van der Waals surface area (Å²) in [5.41, 5.74) is 5.83. The van der Waals surface area contributed by atoms with Gasteiger partial charge < -0.3 is 10.6 Å². The van der Waals surface area contributed by atoms with Crippen LogP contribution < -0.4 is 5.73 Å². The fourth-order valence-electron chi connectivity index (χ4n) is 1.99. The number of nitrogens with zero attached hydrogens (tertiary/aromatic N) is 1. The minimum Gasteiger partial charge on any atom is -0.329 e. The topological polar surface area (TPSA) is 29.3 Å². The molecule has 13 heavy (non-hydrogen) atoms. The number of rotatable bonds is 4. The highest BCUT2D eigenvalue weighted by Gasteiger charge is 2.31. The van der Waals surface area contributed by atoms with Crippen LogP contribution in [0.25, 0.3) is 0 Å². The maximum absolute atomic E-state index is 5.83. The van der Waals surface area contributed by atoms with Gasteiger partial charge in [0.25, 0.3) is 0 Å². The van der Waals surface area contributed by atoms with Crippen molar-refractivity contribution in [3.63, 3.8) is 0 Å². The van der Waals surface area contributed by atoms with Crippen LogP contribution >= 0.6 is 11.8 Å². The summed E-state index contributed by atoms with van der Waals surface area (Å²) >= 11 is 1.96. The van der Waals surface area contributed by atoms with Gasteiger partial charge in [0.05, 0.1) is 0 Å². The van der Waals surface area contributed by atoms with E-state index in [0.717, 1.165) is 6.54 Å². The van der Waals surface area contributed by atoms with Gasteiger partial charge in [0, 0.05) is 11.3 Å². The minimum atomic E-state index is 0.393. The molecule has 0 aromatic heterocycles. The van der Waals surface area contributed by atoms with E-state index < -0.39 is 0 Å². The van der Waals surface area contributed by atoms with Crippen LogP contribution in [0, 0.1) is 0 Å². The third kappa shape index (κ3) is 2.86. The molecule has 3 heteroatoms. The lowest BCUT2D eigenvalue weighted by Crippen LogP contribution is -2.46. The Balaban J connectivity index is 2.36. The summed E-state index contributed by atoms with van der Waals surface area (Å²) < 4.78 is 0.393. The first-order chi connectivity index (χ1) is 6.26. The monoisotopic (exact) mass is 202 g/mol. The van der Waals surface area contributed by atoms with E-state index in [9.17, 15) is 0 Å². The van der Waals surface area contributed by atoms with Crippen LogP contribution in [0.5, 0.6) is 0 Å². The Kier molecular flexibility index (Phi) is 4.56. The molecule has 1 aliphatic heterocycles. The van der Waals surface area contributed by atoms with Gasteiger partial charge in [0.15, 0.2) is 0 Å². The molecule has 0 radical (unpaired) electrons. The van der Waals surface area contributed by atoms with Crippen molar-refractivity contribution in [3.8, 4) is 0 Å². The highest BCUT2D eigenvalue weighted by atomic mass is 32.2. The maximum atomic E-state index is 5.83. The molecule has 1 aliphatic rings.